The summed E-state index contributed by atoms with van der Waals surface area (Å²) in [4.78, 5) is 9.67. The Bertz CT molecular complexity index is 563. The number of hydrogen-bond acceptors (Lipinski definition) is 7. The van der Waals surface area contributed by atoms with E-state index < -0.39 is 0 Å². The fourth-order valence-corrected chi connectivity index (χ4v) is 2.39. The number of benzene rings is 1. The highest BCUT2D eigenvalue weighted by Crippen LogP contribution is 2.28. The first-order valence-corrected chi connectivity index (χ1v) is 6.72. The smallest absolute Gasteiger partial charge is 0.157 e. The minimum atomic E-state index is 0.339. The number of nitrogen functional groups attached to an aromatic ring is 1. The number of ether oxygens (including phenoxy) is 2. The monoisotopic (exact) mass is 292 g/mol. The fourth-order valence-electron chi connectivity index (χ4n) is 1.56. The van der Waals surface area contributed by atoms with Crippen LogP contribution >= 0.6 is 11.8 Å². The second-order valence-electron chi connectivity index (χ2n) is 3.86. The van der Waals surface area contributed by atoms with Crippen LogP contribution in [-0.2, 0) is 11.3 Å². The second-order valence-corrected chi connectivity index (χ2v) is 4.96. The molecule has 0 unspecified atom stereocenters. The zero-order valence-electron chi connectivity index (χ0n) is 11.3. The lowest BCUT2D eigenvalue weighted by molar-refractivity contribution is 0.177. The molecule has 20 heavy (non-hydrogen) atoms. The maximum absolute atomic E-state index is 5.41. The van der Waals surface area contributed by atoms with E-state index in [0.29, 0.717) is 18.2 Å². The number of methoxy groups -OCH3 is 2. The van der Waals surface area contributed by atoms with Crippen LogP contribution in [-0.4, -0.2) is 24.2 Å². The molecule has 0 saturated carbocycles. The predicted molar refractivity (Wildman–Crippen MR) is 77.7 cm³/mol. The van der Waals surface area contributed by atoms with Gasteiger partial charge in [-0.05, 0) is 24.3 Å². The molecule has 0 aliphatic carbocycles. The number of nitrogens with two attached hydrogens (primary N) is 1. The molecule has 6 nitrogen and oxygen atoms in total. The molecule has 1 aromatic carbocycles. The lowest BCUT2D eigenvalue weighted by atomic mass is 10.3. The molecule has 1 heterocycles. The lowest BCUT2D eigenvalue weighted by Crippen LogP contribution is -2.11. The van der Waals surface area contributed by atoms with Crippen molar-refractivity contribution in [2.45, 2.75) is 16.5 Å². The Morgan fingerprint density at radius 1 is 1.20 bits per heavy atom. The Balaban J connectivity index is 2.20. The van der Waals surface area contributed by atoms with Gasteiger partial charge in [-0.15, -0.1) is 0 Å². The number of aromatic nitrogens is 2. The summed E-state index contributed by atoms with van der Waals surface area (Å²) in [6.45, 7) is 0.339. The van der Waals surface area contributed by atoms with E-state index in [0.717, 1.165) is 15.7 Å². The van der Waals surface area contributed by atoms with Crippen molar-refractivity contribution in [1.29, 1.82) is 0 Å². The van der Waals surface area contributed by atoms with Crippen molar-refractivity contribution in [3.8, 4) is 5.75 Å². The van der Waals surface area contributed by atoms with E-state index in [1.165, 1.54) is 11.8 Å². The average Bonchev–Trinajstić information content (AvgIpc) is 2.48. The van der Waals surface area contributed by atoms with Gasteiger partial charge in [-0.25, -0.2) is 15.8 Å². The molecule has 0 radical (unpaired) electrons. The van der Waals surface area contributed by atoms with E-state index >= 15 is 0 Å². The summed E-state index contributed by atoms with van der Waals surface area (Å²) in [5.74, 6) is 7.37. The molecule has 0 fully saturated rings. The van der Waals surface area contributed by atoms with Crippen LogP contribution in [0.3, 0.4) is 0 Å². The molecule has 0 bridgehead atoms. The van der Waals surface area contributed by atoms with E-state index in [-0.39, 0.29) is 0 Å². The first-order chi connectivity index (χ1) is 9.75. The molecule has 0 aliphatic heterocycles. The van der Waals surface area contributed by atoms with Gasteiger partial charge in [0, 0.05) is 18.1 Å². The number of nitrogens with zero attached hydrogens (tertiary/aromatic N) is 2. The molecule has 2 rings (SSSR count). The molecular formula is C13H16N4O2S. The highest BCUT2D eigenvalue weighted by Gasteiger charge is 2.06. The number of hydrogen-bond donors (Lipinski definition) is 2. The Hall–Kier alpha value is -1.83. The second kappa shape index (κ2) is 7.09. The van der Waals surface area contributed by atoms with Crippen LogP contribution in [0, 0.1) is 0 Å². The molecule has 3 N–H and O–H groups in total. The van der Waals surface area contributed by atoms with Gasteiger partial charge in [0.05, 0.1) is 7.11 Å². The third-order valence-corrected chi connectivity index (χ3v) is 3.38. The summed E-state index contributed by atoms with van der Waals surface area (Å²) >= 11 is 1.52. The molecule has 0 amide bonds. The summed E-state index contributed by atoms with van der Waals surface area (Å²) in [5, 5.41) is 0.796. The van der Waals surface area contributed by atoms with Crippen molar-refractivity contribution in [1.82, 2.24) is 9.97 Å². The van der Waals surface area contributed by atoms with Gasteiger partial charge in [0.25, 0.3) is 0 Å². The van der Waals surface area contributed by atoms with Crippen LogP contribution in [0.4, 0.5) is 5.82 Å². The Kier molecular flexibility index (Phi) is 5.16. The van der Waals surface area contributed by atoms with Gasteiger partial charge in [0.1, 0.15) is 23.2 Å². The zero-order valence-corrected chi connectivity index (χ0v) is 12.1. The summed E-state index contributed by atoms with van der Waals surface area (Å²) in [6.07, 6.45) is 0. The van der Waals surface area contributed by atoms with Crippen LogP contribution in [0.1, 0.15) is 5.82 Å². The van der Waals surface area contributed by atoms with Crippen molar-refractivity contribution in [2.75, 3.05) is 19.6 Å². The maximum atomic E-state index is 5.41. The number of rotatable bonds is 6. The van der Waals surface area contributed by atoms with Gasteiger partial charge in [-0.1, -0.05) is 11.8 Å². The SMILES string of the molecule is COCc1nc(NN)cc(Sc2ccc(OC)cc2)n1. The Morgan fingerprint density at radius 3 is 2.55 bits per heavy atom. The van der Waals surface area contributed by atoms with Crippen molar-refractivity contribution >= 4 is 17.6 Å². The van der Waals surface area contributed by atoms with Crippen molar-refractivity contribution in [3.05, 3.63) is 36.2 Å². The Morgan fingerprint density at radius 2 is 1.95 bits per heavy atom. The zero-order chi connectivity index (χ0) is 14.4. The largest absolute Gasteiger partial charge is 0.497 e. The van der Waals surface area contributed by atoms with E-state index in [4.69, 9.17) is 15.3 Å². The maximum Gasteiger partial charge on any atom is 0.157 e. The molecule has 1 aromatic heterocycles. The number of anilines is 1. The first kappa shape index (κ1) is 14.6. The standard InChI is InChI=1S/C13H16N4O2S/c1-18-8-12-15-11(17-14)7-13(16-12)20-10-5-3-9(19-2)4-6-10/h3-7H,8,14H2,1-2H3,(H,15,16,17). The van der Waals surface area contributed by atoms with E-state index in [2.05, 4.69) is 15.4 Å². The molecule has 0 aliphatic rings. The van der Waals surface area contributed by atoms with Gasteiger partial charge in [0.2, 0.25) is 0 Å². The lowest BCUT2D eigenvalue weighted by Gasteiger charge is -2.07. The molecule has 0 spiro atoms. The van der Waals surface area contributed by atoms with Crippen LogP contribution in [0.25, 0.3) is 0 Å². The van der Waals surface area contributed by atoms with Crippen molar-refractivity contribution in [3.63, 3.8) is 0 Å². The van der Waals surface area contributed by atoms with E-state index in [1.807, 2.05) is 24.3 Å². The average molecular weight is 292 g/mol. The number of hydrazine groups is 1. The molecule has 0 atom stereocenters. The predicted octanol–water partition coefficient (Wildman–Crippen LogP) is 2.07. The Labute approximate surface area is 121 Å². The minimum absolute atomic E-state index is 0.339. The summed E-state index contributed by atoms with van der Waals surface area (Å²) in [5.41, 5.74) is 2.53. The van der Waals surface area contributed by atoms with Gasteiger partial charge in [-0.3, -0.25) is 0 Å². The molecule has 0 saturated heterocycles. The quantitative estimate of drug-likeness (QED) is 0.479. The van der Waals surface area contributed by atoms with Gasteiger partial charge in [-0.2, -0.15) is 0 Å². The number of nitrogens with one attached hydrogen (secondary N) is 1. The molecule has 7 heteroatoms. The molecule has 2 aromatic rings. The van der Waals surface area contributed by atoms with Crippen molar-refractivity contribution in [2.24, 2.45) is 5.84 Å². The summed E-state index contributed by atoms with van der Waals surface area (Å²) < 4.78 is 10.2. The van der Waals surface area contributed by atoms with Crippen LogP contribution in [0.2, 0.25) is 0 Å². The van der Waals surface area contributed by atoms with E-state index in [9.17, 15) is 0 Å². The van der Waals surface area contributed by atoms with Gasteiger partial charge in [0.15, 0.2) is 5.82 Å². The third-order valence-electron chi connectivity index (χ3n) is 2.45. The van der Waals surface area contributed by atoms with Gasteiger partial charge >= 0.3 is 0 Å². The third kappa shape index (κ3) is 3.83. The van der Waals surface area contributed by atoms with Gasteiger partial charge < -0.3 is 14.9 Å². The van der Waals surface area contributed by atoms with E-state index in [1.54, 1.807) is 20.3 Å². The topological polar surface area (TPSA) is 82.3 Å². The first-order valence-electron chi connectivity index (χ1n) is 5.90. The fraction of sp³-hybridized carbons (Fsp3) is 0.231. The van der Waals surface area contributed by atoms with Crippen LogP contribution in [0.5, 0.6) is 5.75 Å². The van der Waals surface area contributed by atoms with Crippen LogP contribution in [0.15, 0.2) is 40.3 Å². The molecule has 106 valence electrons. The highest BCUT2D eigenvalue weighted by atomic mass is 32.2. The normalized spacial score (nSPS) is 10.3. The van der Waals surface area contributed by atoms with Crippen LogP contribution < -0.4 is 16.0 Å². The highest BCUT2D eigenvalue weighted by molar-refractivity contribution is 7.99. The summed E-state index contributed by atoms with van der Waals surface area (Å²) in [6, 6.07) is 9.53. The molecular weight excluding hydrogens is 276 g/mol. The summed E-state index contributed by atoms with van der Waals surface area (Å²) in [7, 11) is 3.24. The minimum Gasteiger partial charge on any atom is -0.497 e. The van der Waals surface area contributed by atoms with Crippen molar-refractivity contribution < 1.29 is 9.47 Å².